The van der Waals surface area contributed by atoms with Crippen molar-refractivity contribution in [2.75, 3.05) is 5.32 Å². The van der Waals surface area contributed by atoms with E-state index in [4.69, 9.17) is 0 Å². The number of carbonyl (C=O) groups excluding carboxylic acids is 1. The molecule has 1 amide bonds. The van der Waals surface area contributed by atoms with E-state index in [1.165, 1.54) is 0 Å². The van der Waals surface area contributed by atoms with Gasteiger partial charge < -0.3 is 5.32 Å². The summed E-state index contributed by atoms with van der Waals surface area (Å²) >= 11 is 0. The summed E-state index contributed by atoms with van der Waals surface area (Å²) in [6, 6.07) is 15.2. The van der Waals surface area contributed by atoms with Crippen molar-refractivity contribution in [1.82, 2.24) is 4.98 Å². The zero-order valence-corrected chi connectivity index (χ0v) is 11.7. The summed E-state index contributed by atoms with van der Waals surface area (Å²) in [4.78, 5) is 16.0. The van der Waals surface area contributed by atoms with Gasteiger partial charge in [0.15, 0.2) is 0 Å². The maximum Gasteiger partial charge on any atom is 0.229 e. The normalized spacial score (nSPS) is 9.21. The highest BCUT2D eigenvalue weighted by Gasteiger charge is 2.04. The standard InChI is InChI=1S/C14H14N2O.C2H6.H2/c1-11-6-5-9-13(15-11)16-14(17)10-12-7-3-2-4-8-12;1-2;/h2-9H,10H2,1H3,(H,15,16,17);1-2H3;1H. The van der Waals surface area contributed by atoms with E-state index in [2.05, 4.69) is 10.3 Å². The lowest BCUT2D eigenvalue weighted by Gasteiger charge is -2.04. The molecule has 1 aromatic heterocycles. The number of pyridine rings is 1. The van der Waals surface area contributed by atoms with Crippen molar-refractivity contribution < 1.29 is 6.22 Å². The number of nitrogens with zero attached hydrogens (tertiary/aromatic N) is 1. The van der Waals surface area contributed by atoms with Crippen LogP contribution >= 0.6 is 0 Å². The van der Waals surface area contributed by atoms with Gasteiger partial charge in [-0.25, -0.2) is 4.98 Å². The predicted molar refractivity (Wildman–Crippen MR) is 81.2 cm³/mol. The SMILES string of the molecule is CC.Cc1cccc(NC(=O)Cc2ccccc2)n1.[HH]. The molecule has 0 atom stereocenters. The molecule has 0 fully saturated rings. The summed E-state index contributed by atoms with van der Waals surface area (Å²) in [5, 5.41) is 2.78. The lowest BCUT2D eigenvalue weighted by atomic mass is 10.1. The van der Waals surface area contributed by atoms with Crippen LogP contribution < -0.4 is 5.32 Å². The molecule has 1 N–H and O–H groups in total. The van der Waals surface area contributed by atoms with E-state index >= 15 is 0 Å². The van der Waals surface area contributed by atoms with Crippen molar-refractivity contribution in [2.45, 2.75) is 27.2 Å². The first kappa shape index (κ1) is 14.9. The van der Waals surface area contributed by atoms with Crippen LogP contribution in [0.15, 0.2) is 48.5 Å². The number of benzene rings is 1. The van der Waals surface area contributed by atoms with Crippen LogP contribution in [-0.2, 0) is 11.2 Å². The molecule has 0 bridgehead atoms. The quantitative estimate of drug-likeness (QED) is 0.908. The maximum atomic E-state index is 11.7. The lowest BCUT2D eigenvalue weighted by molar-refractivity contribution is -0.115. The Morgan fingerprint density at radius 3 is 2.42 bits per heavy atom. The molecule has 3 nitrogen and oxygen atoms in total. The fraction of sp³-hybridized carbons (Fsp3) is 0.250. The molecule has 0 aliphatic carbocycles. The van der Waals surface area contributed by atoms with Crippen LogP contribution in [0.1, 0.15) is 26.5 Å². The van der Waals surface area contributed by atoms with Gasteiger partial charge in [-0.1, -0.05) is 50.2 Å². The molecule has 2 rings (SSSR count). The zero-order valence-electron chi connectivity index (χ0n) is 11.7. The van der Waals surface area contributed by atoms with E-state index in [0.29, 0.717) is 12.2 Å². The minimum atomic E-state index is -0.0469. The third-order valence-electron chi connectivity index (χ3n) is 2.36. The molecule has 0 spiro atoms. The summed E-state index contributed by atoms with van der Waals surface area (Å²) in [6.45, 7) is 5.90. The van der Waals surface area contributed by atoms with Crippen LogP contribution in [0.4, 0.5) is 5.82 Å². The second-order valence-electron chi connectivity index (χ2n) is 3.87. The number of hydrogen-bond donors (Lipinski definition) is 1. The van der Waals surface area contributed by atoms with Gasteiger partial charge in [0.05, 0.1) is 6.42 Å². The van der Waals surface area contributed by atoms with E-state index in [9.17, 15) is 4.79 Å². The van der Waals surface area contributed by atoms with Crippen LogP contribution in [0.25, 0.3) is 0 Å². The lowest BCUT2D eigenvalue weighted by Crippen LogP contribution is -2.15. The number of carbonyl (C=O) groups is 1. The van der Waals surface area contributed by atoms with Gasteiger partial charge >= 0.3 is 0 Å². The van der Waals surface area contributed by atoms with Gasteiger partial charge in [0.2, 0.25) is 5.91 Å². The average Bonchev–Trinajstić information content (AvgIpc) is 2.42. The molecule has 0 radical (unpaired) electrons. The Kier molecular flexibility index (Phi) is 6.30. The van der Waals surface area contributed by atoms with Crippen LogP contribution in [0.2, 0.25) is 0 Å². The molecule has 1 heterocycles. The van der Waals surface area contributed by atoms with Crippen molar-refractivity contribution in [3.8, 4) is 0 Å². The summed E-state index contributed by atoms with van der Waals surface area (Å²) in [7, 11) is 0. The second-order valence-corrected chi connectivity index (χ2v) is 3.87. The van der Waals surface area contributed by atoms with E-state index < -0.39 is 0 Å². The van der Waals surface area contributed by atoms with Crippen LogP contribution in [-0.4, -0.2) is 10.9 Å². The third kappa shape index (κ3) is 5.34. The first-order valence-corrected chi connectivity index (χ1v) is 6.51. The highest BCUT2D eigenvalue weighted by molar-refractivity contribution is 5.91. The van der Waals surface area contributed by atoms with Crippen LogP contribution in [0.3, 0.4) is 0 Å². The molecular formula is C16H22N2O. The number of rotatable bonds is 3. The molecule has 0 saturated heterocycles. The number of hydrogen-bond acceptors (Lipinski definition) is 2. The van der Waals surface area contributed by atoms with Gasteiger partial charge in [-0.3, -0.25) is 4.79 Å². The summed E-state index contributed by atoms with van der Waals surface area (Å²) < 4.78 is 0. The Balaban J connectivity index is 0.00000115. The van der Waals surface area contributed by atoms with Gasteiger partial charge in [-0.05, 0) is 24.6 Å². The Morgan fingerprint density at radius 2 is 1.79 bits per heavy atom. The Bertz CT molecular complexity index is 515. The summed E-state index contributed by atoms with van der Waals surface area (Å²) in [6.07, 6.45) is 0.371. The van der Waals surface area contributed by atoms with E-state index in [-0.39, 0.29) is 7.33 Å². The van der Waals surface area contributed by atoms with E-state index in [1.54, 1.807) is 6.07 Å². The van der Waals surface area contributed by atoms with E-state index in [1.807, 2.05) is 63.2 Å². The number of aromatic nitrogens is 1. The fourth-order valence-corrected chi connectivity index (χ4v) is 1.58. The minimum Gasteiger partial charge on any atom is -0.310 e. The molecule has 0 saturated carbocycles. The van der Waals surface area contributed by atoms with Gasteiger partial charge in [0.1, 0.15) is 5.82 Å². The summed E-state index contributed by atoms with van der Waals surface area (Å²) in [5.74, 6) is 0.556. The van der Waals surface area contributed by atoms with Gasteiger partial charge in [0.25, 0.3) is 0 Å². The summed E-state index contributed by atoms with van der Waals surface area (Å²) in [5.41, 5.74) is 1.89. The average molecular weight is 258 g/mol. The van der Waals surface area contributed by atoms with Crippen LogP contribution in [0.5, 0.6) is 0 Å². The second kappa shape index (κ2) is 8.03. The highest BCUT2D eigenvalue weighted by Crippen LogP contribution is 2.06. The van der Waals surface area contributed by atoms with Gasteiger partial charge in [0, 0.05) is 7.12 Å². The fourth-order valence-electron chi connectivity index (χ4n) is 1.58. The molecule has 102 valence electrons. The molecular weight excluding hydrogens is 236 g/mol. The van der Waals surface area contributed by atoms with Crippen molar-refractivity contribution >= 4 is 11.7 Å². The molecule has 0 aliphatic rings. The van der Waals surface area contributed by atoms with Gasteiger partial charge in [-0.15, -0.1) is 0 Å². The maximum absolute atomic E-state index is 11.7. The molecule has 2 aromatic rings. The van der Waals surface area contributed by atoms with Crippen molar-refractivity contribution in [2.24, 2.45) is 0 Å². The molecule has 0 unspecified atom stereocenters. The zero-order chi connectivity index (χ0) is 14.1. The number of amides is 1. The smallest absolute Gasteiger partial charge is 0.229 e. The highest BCUT2D eigenvalue weighted by atomic mass is 16.1. The van der Waals surface area contributed by atoms with Crippen molar-refractivity contribution in [1.29, 1.82) is 0 Å². The largest absolute Gasteiger partial charge is 0.310 e. The number of anilines is 1. The molecule has 0 aliphatic heterocycles. The predicted octanol–water partition coefficient (Wildman–Crippen LogP) is 3.84. The molecule has 3 heteroatoms. The Hall–Kier alpha value is -2.16. The Morgan fingerprint density at radius 1 is 1.11 bits per heavy atom. The van der Waals surface area contributed by atoms with Crippen molar-refractivity contribution in [3.05, 3.63) is 59.8 Å². The monoisotopic (exact) mass is 258 g/mol. The first-order chi connectivity index (χ1) is 9.24. The van der Waals surface area contributed by atoms with Crippen LogP contribution in [0, 0.1) is 6.92 Å². The topological polar surface area (TPSA) is 42.0 Å². The van der Waals surface area contributed by atoms with E-state index in [0.717, 1.165) is 11.3 Å². The number of aryl methyl sites for hydroxylation is 1. The molecule has 19 heavy (non-hydrogen) atoms. The van der Waals surface area contributed by atoms with Crippen molar-refractivity contribution in [3.63, 3.8) is 0 Å². The number of nitrogens with one attached hydrogen (secondary N) is 1. The third-order valence-corrected chi connectivity index (χ3v) is 2.36. The minimum absolute atomic E-state index is 0. The first-order valence-electron chi connectivity index (χ1n) is 6.51. The van der Waals surface area contributed by atoms with Gasteiger partial charge in [-0.2, -0.15) is 0 Å². The Labute approximate surface area is 116 Å². The molecule has 1 aromatic carbocycles.